The fraction of sp³-hybridized carbons (Fsp3) is 0.414. The van der Waals surface area contributed by atoms with E-state index in [1.54, 1.807) is 15.6 Å². The molecule has 37 heavy (non-hydrogen) atoms. The molecule has 1 aliphatic carbocycles. The van der Waals surface area contributed by atoms with Crippen LogP contribution < -0.4 is 19.7 Å². The molecular weight excluding hydrogens is 468 g/mol. The summed E-state index contributed by atoms with van der Waals surface area (Å²) in [5, 5.41) is 7.75. The summed E-state index contributed by atoms with van der Waals surface area (Å²) < 4.78 is 13.7. The van der Waals surface area contributed by atoms with Crippen molar-refractivity contribution in [2.75, 3.05) is 11.5 Å². The first kappa shape index (κ1) is 24.9. The Morgan fingerprint density at radius 2 is 1.81 bits per heavy atom. The molecule has 1 fully saturated rings. The molecule has 2 aliphatic rings. The van der Waals surface area contributed by atoms with E-state index in [-0.39, 0.29) is 24.5 Å². The van der Waals surface area contributed by atoms with Gasteiger partial charge in [-0.2, -0.15) is 5.10 Å². The number of benzene rings is 2. The van der Waals surface area contributed by atoms with Gasteiger partial charge < -0.3 is 14.8 Å². The minimum absolute atomic E-state index is 0.0567. The van der Waals surface area contributed by atoms with Crippen LogP contribution in [-0.2, 0) is 16.6 Å². The Balaban J connectivity index is 1.56. The molecule has 0 spiro atoms. The zero-order valence-electron chi connectivity index (χ0n) is 21.6. The third-order valence-corrected chi connectivity index (χ3v) is 7.11. The molecule has 0 bridgehead atoms. The molecule has 194 valence electrons. The van der Waals surface area contributed by atoms with Crippen molar-refractivity contribution in [1.29, 1.82) is 0 Å². The Bertz CT molecular complexity index is 1280. The van der Waals surface area contributed by atoms with Gasteiger partial charge in [0.15, 0.2) is 11.5 Å². The first-order valence-electron chi connectivity index (χ1n) is 13.0. The van der Waals surface area contributed by atoms with E-state index in [2.05, 4.69) is 10.4 Å². The molecule has 8 nitrogen and oxygen atoms in total. The maximum atomic E-state index is 14.3. The number of carbonyl (C=O) groups excluding carboxylic acids is 2. The number of aryl methyl sites for hydroxylation is 3. The first-order valence-corrected chi connectivity index (χ1v) is 13.0. The quantitative estimate of drug-likeness (QED) is 0.540. The van der Waals surface area contributed by atoms with Crippen LogP contribution in [-0.4, -0.2) is 40.3 Å². The van der Waals surface area contributed by atoms with Crippen molar-refractivity contribution < 1.29 is 19.1 Å². The molecule has 2 amide bonds. The minimum atomic E-state index is -0.911. The van der Waals surface area contributed by atoms with Gasteiger partial charge in [-0.1, -0.05) is 43.5 Å². The Kier molecular flexibility index (Phi) is 7.17. The number of hydrogen-bond acceptors (Lipinski definition) is 5. The van der Waals surface area contributed by atoms with E-state index in [9.17, 15) is 9.59 Å². The summed E-state index contributed by atoms with van der Waals surface area (Å²) in [5.41, 5.74) is 2.99. The lowest BCUT2D eigenvalue weighted by Gasteiger charge is -2.36. The summed E-state index contributed by atoms with van der Waals surface area (Å²) in [7, 11) is 1.82. The van der Waals surface area contributed by atoms with Crippen LogP contribution >= 0.6 is 0 Å². The molecule has 5 rings (SSSR count). The molecule has 2 atom stereocenters. The fourth-order valence-electron chi connectivity index (χ4n) is 5.29. The molecule has 2 aromatic carbocycles. The molecular formula is C29H34N4O4. The van der Waals surface area contributed by atoms with E-state index < -0.39 is 12.1 Å². The molecule has 1 aromatic heterocycles. The number of fused-ring (bicyclic) bond motifs is 1. The summed E-state index contributed by atoms with van der Waals surface area (Å²) in [6, 6.07) is 14.1. The number of amides is 2. The van der Waals surface area contributed by atoms with E-state index in [0.29, 0.717) is 28.4 Å². The number of rotatable bonds is 6. The van der Waals surface area contributed by atoms with Gasteiger partial charge in [0.1, 0.15) is 12.6 Å². The Morgan fingerprint density at radius 3 is 2.51 bits per heavy atom. The smallest absolute Gasteiger partial charge is 0.272 e. The number of anilines is 1. The number of nitrogens with one attached hydrogen (secondary N) is 1. The molecule has 0 unspecified atom stereocenters. The summed E-state index contributed by atoms with van der Waals surface area (Å²) in [6.45, 7) is 3.89. The number of para-hydroxylation sites is 2. The molecule has 8 heteroatoms. The van der Waals surface area contributed by atoms with E-state index in [4.69, 9.17) is 9.47 Å². The van der Waals surface area contributed by atoms with Gasteiger partial charge in [-0.05, 0) is 56.5 Å². The molecule has 3 aromatic rings. The van der Waals surface area contributed by atoms with Crippen LogP contribution in [0.1, 0.15) is 55.0 Å². The van der Waals surface area contributed by atoms with Crippen LogP contribution in [0.15, 0.2) is 54.7 Å². The standard InChI is InChI=1S/C29H34N4O4/c1-19-10-9-13-22(16-19)33(29(35)26-18-36-24-14-7-8-15-25(24)37-26)27(23-17-32(3)31-20(23)2)28(34)30-21-11-5-4-6-12-21/h7-10,13-17,21,26-27H,4-6,11-12,18H2,1-3H3,(H,30,34)/t26-,27+/m0/s1. The molecule has 1 N–H and O–H groups in total. The highest BCUT2D eigenvalue weighted by Gasteiger charge is 2.41. The molecule has 1 aliphatic heterocycles. The topological polar surface area (TPSA) is 85.7 Å². The Labute approximate surface area is 217 Å². The highest BCUT2D eigenvalue weighted by atomic mass is 16.6. The van der Waals surface area contributed by atoms with Crippen molar-refractivity contribution in [2.45, 2.75) is 64.1 Å². The van der Waals surface area contributed by atoms with Gasteiger partial charge >= 0.3 is 0 Å². The third kappa shape index (κ3) is 5.33. The van der Waals surface area contributed by atoms with Gasteiger partial charge in [0, 0.05) is 30.5 Å². The maximum Gasteiger partial charge on any atom is 0.272 e. The molecule has 0 radical (unpaired) electrons. The number of carbonyl (C=O) groups is 2. The summed E-state index contributed by atoms with van der Waals surface area (Å²) in [4.78, 5) is 29.9. The number of aromatic nitrogens is 2. The largest absolute Gasteiger partial charge is 0.485 e. The molecule has 0 saturated heterocycles. The second-order valence-corrected chi connectivity index (χ2v) is 10.0. The summed E-state index contributed by atoms with van der Waals surface area (Å²) in [6.07, 6.45) is 6.18. The van der Waals surface area contributed by atoms with Crippen molar-refractivity contribution in [1.82, 2.24) is 15.1 Å². The zero-order chi connectivity index (χ0) is 25.9. The van der Waals surface area contributed by atoms with Crippen LogP contribution in [0.25, 0.3) is 0 Å². The number of nitrogens with zero attached hydrogens (tertiary/aromatic N) is 3. The predicted octanol–water partition coefficient (Wildman–Crippen LogP) is 4.40. The van der Waals surface area contributed by atoms with Crippen molar-refractivity contribution in [3.63, 3.8) is 0 Å². The van der Waals surface area contributed by atoms with E-state index in [1.165, 1.54) is 6.42 Å². The highest BCUT2D eigenvalue weighted by Crippen LogP contribution is 2.35. The highest BCUT2D eigenvalue weighted by molar-refractivity contribution is 6.03. The van der Waals surface area contributed by atoms with Crippen molar-refractivity contribution in [3.05, 3.63) is 71.5 Å². The van der Waals surface area contributed by atoms with Gasteiger partial charge in [0.25, 0.3) is 5.91 Å². The van der Waals surface area contributed by atoms with E-state index >= 15 is 0 Å². The van der Waals surface area contributed by atoms with Crippen molar-refractivity contribution >= 4 is 17.5 Å². The summed E-state index contributed by atoms with van der Waals surface area (Å²) >= 11 is 0. The minimum Gasteiger partial charge on any atom is -0.485 e. The average molecular weight is 503 g/mol. The first-order chi connectivity index (χ1) is 17.9. The number of ether oxygens (including phenoxy) is 2. The predicted molar refractivity (Wildman–Crippen MR) is 141 cm³/mol. The van der Waals surface area contributed by atoms with Gasteiger partial charge in [-0.3, -0.25) is 19.2 Å². The van der Waals surface area contributed by atoms with Crippen LogP contribution in [0.2, 0.25) is 0 Å². The second-order valence-electron chi connectivity index (χ2n) is 10.0. The van der Waals surface area contributed by atoms with E-state index in [1.807, 2.05) is 69.6 Å². The lowest BCUT2D eigenvalue weighted by atomic mass is 9.94. The monoisotopic (exact) mass is 502 g/mol. The van der Waals surface area contributed by atoms with Gasteiger partial charge in [-0.25, -0.2) is 0 Å². The Hall–Kier alpha value is -3.81. The third-order valence-electron chi connectivity index (χ3n) is 7.11. The average Bonchev–Trinajstić information content (AvgIpc) is 3.24. The summed E-state index contributed by atoms with van der Waals surface area (Å²) in [5.74, 6) is 0.558. The zero-order valence-corrected chi connectivity index (χ0v) is 21.6. The van der Waals surface area contributed by atoms with Crippen molar-refractivity contribution in [2.24, 2.45) is 7.05 Å². The fourth-order valence-corrected chi connectivity index (χ4v) is 5.29. The SMILES string of the molecule is Cc1cccc(N(C(=O)[C@@H]2COc3ccccc3O2)[C@@H](C(=O)NC2CCCCC2)c2cn(C)nc2C)c1. The van der Waals surface area contributed by atoms with Crippen LogP contribution in [0.5, 0.6) is 11.5 Å². The van der Waals surface area contributed by atoms with Crippen LogP contribution in [0, 0.1) is 13.8 Å². The lowest BCUT2D eigenvalue weighted by Crippen LogP contribution is -2.52. The Morgan fingerprint density at radius 1 is 1.05 bits per heavy atom. The van der Waals surface area contributed by atoms with Crippen molar-refractivity contribution in [3.8, 4) is 11.5 Å². The molecule has 1 saturated carbocycles. The second kappa shape index (κ2) is 10.7. The van der Waals surface area contributed by atoms with Crippen LogP contribution in [0.3, 0.4) is 0 Å². The maximum absolute atomic E-state index is 14.3. The number of hydrogen-bond donors (Lipinski definition) is 1. The molecule has 2 heterocycles. The normalized spacial score (nSPS) is 18.2. The lowest BCUT2D eigenvalue weighted by molar-refractivity contribution is -0.132. The van der Waals surface area contributed by atoms with Gasteiger partial charge in [0.05, 0.1) is 5.69 Å². The van der Waals surface area contributed by atoms with Gasteiger partial charge in [0.2, 0.25) is 12.0 Å². The van der Waals surface area contributed by atoms with Crippen LogP contribution in [0.4, 0.5) is 5.69 Å². The van der Waals surface area contributed by atoms with Gasteiger partial charge in [-0.15, -0.1) is 0 Å². The van der Waals surface area contributed by atoms with E-state index in [0.717, 1.165) is 31.2 Å².